The molecule has 14 heavy (non-hydrogen) atoms. The van der Waals surface area contributed by atoms with Crippen molar-refractivity contribution in [3.63, 3.8) is 0 Å². The Labute approximate surface area is 84.4 Å². The highest BCUT2D eigenvalue weighted by molar-refractivity contribution is 5.58. The van der Waals surface area contributed by atoms with Crippen molar-refractivity contribution in [2.24, 2.45) is 5.90 Å². The zero-order chi connectivity index (χ0) is 10.1. The van der Waals surface area contributed by atoms with Gasteiger partial charge in [-0.1, -0.05) is 12.1 Å². The summed E-state index contributed by atoms with van der Waals surface area (Å²) in [5, 5.41) is 0. The molecule has 0 saturated carbocycles. The number of likely N-dealkylation sites (N-methyl/N-ethyl adjacent to an activating group) is 1. The molecule has 3 heteroatoms. The van der Waals surface area contributed by atoms with Gasteiger partial charge in [0.05, 0.1) is 0 Å². The highest BCUT2D eigenvalue weighted by Gasteiger charge is 2.16. The smallest absolute Gasteiger partial charge is 0.101 e. The fourth-order valence-electron chi connectivity index (χ4n) is 1.92. The largest absolute Gasteiger partial charge is 0.374 e. The predicted molar refractivity (Wildman–Crippen MR) is 57.1 cm³/mol. The van der Waals surface area contributed by atoms with E-state index in [0.29, 0.717) is 0 Å². The van der Waals surface area contributed by atoms with Crippen LogP contribution in [0, 0.1) is 0 Å². The number of nitrogens with two attached hydrogens (primary N) is 1. The third kappa shape index (κ3) is 1.49. The minimum Gasteiger partial charge on any atom is -0.374 e. The van der Waals surface area contributed by atoms with Crippen molar-refractivity contribution in [3.8, 4) is 0 Å². The maximum absolute atomic E-state index is 5.17. The highest BCUT2D eigenvalue weighted by Crippen LogP contribution is 2.29. The van der Waals surface area contributed by atoms with E-state index in [4.69, 9.17) is 10.7 Å². The van der Waals surface area contributed by atoms with Crippen LogP contribution >= 0.6 is 0 Å². The van der Waals surface area contributed by atoms with E-state index in [9.17, 15) is 0 Å². The van der Waals surface area contributed by atoms with Crippen LogP contribution in [0.25, 0.3) is 0 Å². The van der Waals surface area contributed by atoms with Crippen LogP contribution in [-0.4, -0.2) is 13.6 Å². The van der Waals surface area contributed by atoms with Crippen LogP contribution < -0.4 is 10.8 Å². The molecule has 3 nitrogen and oxygen atoms in total. The summed E-state index contributed by atoms with van der Waals surface area (Å²) in [4.78, 5) is 7.08. The van der Waals surface area contributed by atoms with Gasteiger partial charge in [0, 0.05) is 19.3 Å². The van der Waals surface area contributed by atoms with E-state index >= 15 is 0 Å². The summed E-state index contributed by atoms with van der Waals surface area (Å²) in [6, 6.07) is 6.42. The molecule has 1 aliphatic rings. The Bertz CT molecular complexity index is 338. The maximum Gasteiger partial charge on any atom is 0.101 e. The molecule has 1 unspecified atom stereocenters. The number of hydrogen-bond donors (Lipinski definition) is 1. The van der Waals surface area contributed by atoms with Crippen LogP contribution in [0.4, 0.5) is 5.69 Å². The fraction of sp³-hybridized carbons (Fsp3) is 0.455. The van der Waals surface area contributed by atoms with Crippen molar-refractivity contribution in [2.75, 3.05) is 18.5 Å². The van der Waals surface area contributed by atoms with E-state index < -0.39 is 0 Å². The van der Waals surface area contributed by atoms with Gasteiger partial charge in [-0.05, 0) is 30.5 Å². The Morgan fingerprint density at radius 1 is 1.50 bits per heavy atom. The number of nitrogens with zero attached hydrogens (tertiary/aromatic N) is 1. The molecule has 2 N–H and O–H groups in total. The van der Waals surface area contributed by atoms with Gasteiger partial charge in [-0.15, -0.1) is 0 Å². The highest BCUT2D eigenvalue weighted by atomic mass is 16.6. The summed E-state index contributed by atoms with van der Waals surface area (Å²) in [6.45, 7) is 3.07. The molecule has 1 aromatic rings. The van der Waals surface area contributed by atoms with Crippen LogP contribution in [0.3, 0.4) is 0 Å². The van der Waals surface area contributed by atoms with Gasteiger partial charge in [0.2, 0.25) is 0 Å². The zero-order valence-electron chi connectivity index (χ0n) is 8.66. The van der Waals surface area contributed by atoms with Gasteiger partial charge in [0.1, 0.15) is 6.10 Å². The normalized spacial score (nSPS) is 16.9. The lowest BCUT2D eigenvalue weighted by Crippen LogP contribution is -2.12. The average Bonchev–Trinajstić information content (AvgIpc) is 2.59. The number of hydrogen-bond acceptors (Lipinski definition) is 3. The van der Waals surface area contributed by atoms with Crippen molar-refractivity contribution >= 4 is 5.69 Å². The Balaban J connectivity index is 2.32. The summed E-state index contributed by atoms with van der Waals surface area (Å²) >= 11 is 0. The molecular weight excluding hydrogens is 176 g/mol. The van der Waals surface area contributed by atoms with E-state index in [2.05, 4.69) is 30.1 Å². The average molecular weight is 192 g/mol. The second-order valence-electron chi connectivity index (χ2n) is 3.84. The summed E-state index contributed by atoms with van der Waals surface area (Å²) in [5.41, 5.74) is 3.88. The molecule has 0 amide bonds. The van der Waals surface area contributed by atoms with Gasteiger partial charge in [-0.3, -0.25) is 4.84 Å². The zero-order valence-corrected chi connectivity index (χ0v) is 8.66. The minimum absolute atomic E-state index is 0.0220. The Kier molecular flexibility index (Phi) is 2.44. The van der Waals surface area contributed by atoms with E-state index in [-0.39, 0.29) is 6.10 Å². The number of rotatable bonds is 2. The quantitative estimate of drug-likeness (QED) is 0.724. The maximum atomic E-state index is 5.17. The van der Waals surface area contributed by atoms with Crippen LogP contribution in [0.15, 0.2) is 18.2 Å². The summed E-state index contributed by atoms with van der Waals surface area (Å²) in [5.74, 6) is 5.17. The van der Waals surface area contributed by atoms with Crippen molar-refractivity contribution in [1.29, 1.82) is 0 Å². The monoisotopic (exact) mass is 192 g/mol. The Morgan fingerprint density at radius 2 is 2.29 bits per heavy atom. The van der Waals surface area contributed by atoms with Gasteiger partial charge >= 0.3 is 0 Å². The molecule has 0 bridgehead atoms. The van der Waals surface area contributed by atoms with Crippen molar-refractivity contribution in [2.45, 2.75) is 19.4 Å². The Morgan fingerprint density at radius 3 is 3.00 bits per heavy atom. The molecule has 76 valence electrons. The second kappa shape index (κ2) is 3.59. The van der Waals surface area contributed by atoms with E-state index in [1.807, 2.05) is 6.92 Å². The number of fused-ring (bicyclic) bond motifs is 1. The minimum atomic E-state index is -0.0220. The molecule has 1 aromatic carbocycles. The fourth-order valence-corrected chi connectivity index (χ4v) is 1.92. The van der Waals surface area contributed by atoms with Gasteiger partial charge < -0.3 is 4.90 Å². The molecule has 0 saturated heterocycles. The van der Waals surface area contributed by atoms with E-state index in [1.165, 1.54) is 11.3 Å². The van der Waals surface area contributed by atoms with Crippen molar-refractivity contribution in [1.82, 2.24) is 0 Å². The summed E-state index contributed by atoms with van der Waals surface area (Å²) in [6.07, 6.45) is 1.10. The molecule has 0 spiro atoms. The van der Waals surface area contributed by atoms with Crippen molar-refractivity contribution in [3.05, 3.63) is 29.3 Å². The van der Waals surface area contributed by atoms with Gasteiger partial charge in [0.15, 0.2) is 0 Å². The third-order valence-corrected chi connectivity index (χ3v) is 2.90. The number of anilines is 1. The van der Waals surface area contributed by atoms with Crippen LogP contribution in [0.5, 0.6) is 0 Å². The molecule has 1 atom stereocenters. The SMILES string of the molecule is CC(ON)c1ccc2c(c1)CCN2C. The lowest BCUT2D eigenvalue weighted by Gasteiger charge is -2.14. The van der Waals surface area contributed by atoms with Gasteiger partial charge in [-0.2, -0.15) is 0 Å². The molecule has 0 fully saturated rings. The lowest BCUT2D eigenvalue weighted by molar-refractivity contribution is 0.0664. The van der Waals surface area contributed by atoms with Gasteiger partial charge in [0.25, 0.3) is 0 Å². The first-order valence-electron chi connectivity index (χ1n) is 4.92. The number of benzene rings is 1. The van der Waals surface area contributed by atoms with Crippen LogP contribution in [0.2, 0.25) is 0 Å². The first-order chi connectivity index (χ1) is 6.72. The molecule has 1 aliphatic heterocycles. The Hall–Kier alpha value is -1.06. The molecule has 0 aliphatic carbocycles. The summed E-state index contributed by atoms with van der Waals surface area (Å²) < 4.78 is 0. The topological polar surface area (TPSA) is 38.5 Å². The van der Waals surface area contributed by atoms with E-state index in [0.717, 1.165) is 18.5 Å². The first-order valence-corrected chi connectivity index (χ1v) is 4.92. The summed E-state index contributed by atoms with van der Waals surface area (Å²) in [7, 11) is 2.12. The predicted octanol–water partition coefficient (Wildman–Crippen LogP) is 1.63. The van der Waals surface area contributed by atoms with Crippen LogP contribution in [-0.2, 0) is 11.3 Å². The molecule has 2 rings (SSSR count). The molecule has 1 heterocycles. The first kappa shape index (κ1) is 9.49. The van der Waals surface area contributed by atoms with E-state index in [1.54, 1.807) is 0 Å². The van der Waals surface area contributed by atoms with Crippen molar-refractivity contribution < 1.29 is 4.84 Å². The molecule has 0 aromatic heterocycles. The molecular formula is C11H16N2O. The lowest BCUT2D eigenvalue weighted by atomic mass is 10.1. The van der Waals surface area contributed by atoms with Crippen LogP contribution in [0.1, 0.15) is 24.2 Å². The molecule has 0 radical (unpaired) electrons. The van der Waals surface area contributed by atoms with Gasteiger partial charge in [-0.25, -0.2) is 5.90 Å². The standard InChI is InChI=1S/C11H16N2O/c1-8(14-12)9-3-4-11-10(7-9)5-6-13(11)2/h3-4,7-8H,5-6,12H2,1-2H3. The third-order valence-electron chi connectivity index (χ3n) is 2.90. The second-order valence-corrected chi connectivity index (χ2v) is 3.84.